The summed E-state index contributed by atoms with van der Waals surface area (Å²) in [4.78, 5) is 24.0. The van der Waals surface area contributed by atoms with Gasteiger partial charge in [-0.2, -0.15) is 0 Å². The number of benzene rings is 2. The van der Waals surface area contributed by atoms with Crippen LogP contribution in [0.5, 0.6) is 5.75 Å². The molecule has 2 aromatic rings. The van der Waals surface area contributed by atoms with E-state index in [1.807, 2.05) is 0 Å². The molecule has 120 valence electrons. The summed E-state index contributed by atoms with van der Waals surface area (Å²) in [6.07, 6.45) is -0.985. The minimum atomic E-state index is -0.985. The molecule has 2 N–H and O–H groups in total. The number of hydrogen-bond donors (Lipinski definition) is 2. The number of rotatable bonds is 4. The van der Waals surface area contributed by atoms with Gasteiger partial charge >= 0.3 is 5.97 Å². The van der Waals surface area contributed by atoms with E-state index >= 15 is 0 Å². The van der Waals surface area contributed by atoms with Gasteiger partial charge in [0.05, 0.1) is 5.56 Å². The van der Waals surface area contributed by atoms with Crippen molar-refractivity contribution in [2.24, 2.45) is 0 Å². The molecule has 0 bridgehead atoms. The Balaban J connectivity index is 1.98. The Hall–Kier alpha value is -2.53. The third-order valence-corrected chi connectivity index (χ3v) is 3.46. The lowest BCUT2D eigenvalue weighted by Crippen LogP contribution is -2.30. The van der Waals surface area contributed by atoms with Crippen LogP contribution in [-0.2, 0) is 9.53 Å². The molecule has 1 unspecified atom stereocenters. The highest BCUT2D eigenvalue weighted by molar-refractivity contribution is 6.30. The van der Waals surface area contributed by atoms with E-state index in [4.69, 9.17) is 16.3 Å². The first-order valence-corrected chi connectivity index (χ1v) is 7.31. The van der Waals surface area contributed by atoms with Gasteiger partial charge in [0, 0.05) is 10.7 Å². The maximum absolute atomic E-state index is 12.0. The van der Waals surface area contributed by atoms with Crippen LogP contribution in [0.3, 0.4) is 0 Å². The van der Waals surface area contributed by atoms with Gasteiger partial charge in [0.15, 0.2) is 6.10 Å². The fourth-order valence-corrected chi connectivity index (χ4v) is 1.92. The third-order valence-electron chi connectivity index (χ3n) is 3.21. The van der Waals surface area contributed by atoms with Crippen molar-refractivity contribution in [1.82, 2.24) is 0 Å². The van der Waals surface area contributed by atoms with E-state index < -0.39 is 18.0 Å². The van der Waals surface area contributed by atoms with E-state index in [1.54, 1.807) is 37.3 Å². The lowest BCUT2D eigenvalue weighted by atomic mass is 10.1. The molecular formula is C17H16ClNO4. The number of nitrogens with one attached hydrogen (secondary N) is 1. The summed E-state index contributed by atoms with van der Waals surface area (Å²) in [5.74, 6) is -1.14. The van der Waals surface area contributed by atoms with E-state index in [1.165, 1.54) is 19.1 Å². The predicted octanol–water partition coefficient (Wildman–Crippen LogP) is 3.54. The van der Waals surface area contributed by atoms with Crippen LogP contribution in [0.15, 0.2) is 42.5 Å². The average molecular weight is 334 g/mol. The normalized spacial score (nSPS) is 11.6. The topological polar surface area (TPSA) is 75.6 Å². The van der Waals surface area contributed by atoms with Crippen LogP contribution < -0.4 is 5.32 Å². The lowest BCUT2D eigenvalue weighted by molar-refractivity contribution is -0.123. The molecule has 0 aliphatic heterocycles. The van der Waals surface area contributed by atoms with Crippen molar-refractivity contribution in [1.29, 1.82) is 0 Å². The molecule has 2 aromatic carbocycles. The van der Waals surface area contributed by atoms with Gasteiger partial charge in [-0.3, -0.25) is 4.79 Å². The zero-order chi connectivity index (χ0) is 17.0. The van der Waals surface area contributed by atoms with Gasteiger partial charge in [-0.15, -0.1) is 0 Å². The summed E-state index contributed by atoms with van der Waals surface area (Å²) < 4.78 is 5.10. The summed E-state index contributed by atoms with van der Waals surface area (Å²) in [5.41, 5.74) is 1.38. The van der Waals surface area contributed by atoms with Gasteiger partial charge in [0.25, 0.3) is 5.91 Å². The minimum Gasteiger partial charge on any atom is -0.508 e. The van der Waals surface area contributed by atoms with Gasteiger partial charge in [-0.25, -0.2) is 4.79 Å². The number of phenolic OH excluding ortho intramolecular Hbond substituents is 1. The van der Waals surface area contributed by atoms with E-state index in [9.17, 15) is 14.7 Å². The monoisotopic (exact) mass is 333 g/mol. The highest BCUT2D eigenvalue weighted by Gasteiger charge is 2.19. The summed E-state index contributed by atoms with van der Waals surface area (Å²) in [7, 11) is 0. The van der Waals surface area contributed by atoms with Crippen molar-refractivity contribution >= 4 is 29.2 Å². The van der Waals surface area contributed by atoms with Crippen LogP contribution in [0.2, 0.25) is 5.02 Å². The quantitative estimate of drug-likeness (QED) is 0.839. The lowest BCUT2D eigenvalue weighted by Gasteiger charge is -2.14. The Labute approximate surface area is 138 Å². The standard InChI is InChI=1S/C17H16ClNO4/c1-10-3-4-12(9-15(10)20)17(22)23-11(2)16(21)19-14-7-5-13(18)6-8-14/h3-9,11,20H,1-2H3,(H,19,21). The first kappa shape index (κ1) is 16.8. The number of esters is 1. The first-order valence-electron chi connectivity index (χ1n) is 6.94. The van der Waals surface area contributed by atoms with Gasteiger partial charge in [0.2, 0.25) is 0 Å². The molecule has 0 aliphatic carbocycles. The molecule has 0 spiro atoms. The van der Waals surface area contributed by atoms with Crippen LogP contribution >= 0.6 is 11.6 Å². The van der Waals surface area contributed by atoms with Crippen molar-refractivity contribution in [3.63, 3.8) is 0 Å². The van der Waals surface area contributed by atoms with Gasteiger partial charge in [-0.05, 0) is 55.8 Å². The molecule has 23 heavy (non-hydrogen) atoms. The molecule has 1 amide bonds. The Bertz CT molecular complexity index is 728. The molecule has 5 nitrogen and oxygen atoms in total. The van der Waals surface area contributed by atoms with Crippen molar-refractivity contribution < 1.29 is 19.4 Å². The second-order valence-electron chi connectivity index (χ2n) is 5.04. The van der Waals surface area contributed by atoms with Crippen molar-refractivity contribution in [2.75, 3.05) is 5.32 Å². The molecule has 0 aliphatic rings. The summed E-state index contributed by atoms with van der Waals surface area (Å²) >= 11 is 5.77. The summed E-state index contributed by atoms with van der Waals surface area (Å²) in [6, 6.07) is 11.0. The molecular weight excluding hydrogens is 318 g/mol. The summed E-state index contributed by atoms with van der Waals surface area (Å²) in [6.45, 7) is 3.18. The smallest absolute Gasteiger partial charge is 0.339 e. The predicted molar refractivity (Wildman–Crippen MR) is 87.8 cm³/mol. The van der Waals surface area contributed by atoms with Crippen LogP contribution in [0.4, 0.5) is 5.69 Å². The molecule has 0 fully saturated rings. The maximum atomic E-state index is 12.0. The molecule has 0 radical (unpaired) electrons. The number of ether oxygens (including phenoxy) is 1. The molecule has 6 heteroatoms. The number of amides is 1. The molecule has 0 saturated heterocycles. The van der Waals surface area contributed by atoms with E-state index in [0.717, 1.165) is 0 Å². The van der Waals surface area contributed by atoms with Gasteiger partial charge in [0.1, 0.15) is 5.75 Å². The molecule has 2 rings (SSSR count). The Morgan fingerprint density at radius 1 is 1.17 bits per heavy atom. The zero-order valence-corrected chi connectivity index (χ0v) is 13.4. The van der Waals surface area contributed by atoms with Gasteiger partial charge < -0.3 is 15.2 Å². The van der Waals surface area contributed by atoms with Crippen LogP contribution in [0, 0.1) is 6.92 Å². The number of aryl methyl sites for hydroxylation is 1. The number of carbonyl (C=O) groups is 2. The number of aromatic hydroxyl groups is 1. The number of phenols is 1. The Morgan fingerprint density at radius 2 is 1.83 bits per heavy atom. The average Bonchev–Trinajstić information content (AvgIpc) is 2.52. The fourth-order valence-electron chi connectivity index (χ4n) is 1.80. The molecule has 1 atom stereocenters. The fraction of sp³-hybridized carbons (Fsp3) is 0.176. The van der Waals surface area contributed by atoms with Crippen molar-refractivity contribution in [3.8, 4) is 5.75 Å². The van der Waals surface area contributed by atoms with Crippen LogP contribution in [-0.4, -0.2) is 23.1 Å². The Kier molecular flexibility index (Phi) is 5.24. The first-order chi connectivity index (χ1) is 10.9. The van der Waals surface area contributed by atoms with Crippen molar-refractivity contribution in [2.45, 2.75) is 20.0 Å². The third kappa shape index (κ3) is 4.47. The van der Waals surface area contributed by atoms with Crippen LogP contribution in [0.25, 0.3) is 0 Å². The summed E-state index contributed by atoms with van der Waals surface area (Å²) in [5, 5.41) is 12.8. The molecule has 0 aromatic heterocycles. The largest absolute Gasteiger partial charge is 0.508 e. The van der Waals surface area contributed by atoms with E-state index in [0.29, 0.717) is 16.3 Å². The number of carbonyl (C=O) groups excluding carboxylic acids is 2. The second-order valence-corrected chi connectivity index (χ2v) is 5.48. The highest BCUT2D eigenvalue weighted by Crippen LogP contribution is 2.19. The highest BCUT2D eigenvalue weighted by atomic mass is 35.5. The van der Waals surface area contributed by atoms with E-state index in [-0.39, 0.29) is 11.3 Å². The molecule has 0 saturated carbocycles. The molecule has 0 heterocycles. The second kappa shape index (κ2) is 7.15. The number of anilines is 1. The van der Waals surface area contributed by atoms with E-state index in [2.05, 4.69) is 5.32 Å². The maximum Gasteiger partial charge on any atom is 0.339 e. The van der Waals surface area contributed by atoms with Crippen LogP contribution in [0.1, 0.15) is 22.8 Å². The number of halogens is 1. The minimum absolute atomic E-state index is 0.00211. The SMILES string of the molecule is Cc1ccc(C(=O)OC(C)C(=O)Nc2ccc(Cl)cc2)cc1O. The zero-order valence-electron chi connectivity index (χ0n) is 12.7. The number of hydrogen-bond acceptors (Lipinski definition) is 4. The Morgan fingerprint density at radius 3 is 2.43 bits per heavy atom. The van der Waals surface area contributed by atoms with Gasteiger partial charge in [-0.1, -0.05) is 17.7 Å². The van der Waals surface area contributed by atoms with Crippen molar-refractivity contribution in [3.05, 3.63) is 58.6 Å².